The third kappa shape index (κ3) is 1.74. The van der Waals surface area contributed by atoms with Gasteiger partial charge in [0.25, 0.3) is 0 Å². The summed E-state index contributed by atoms with van der Waals surface area (Å²) in [4.78, 5) is 0. The minimum Gasteiger partial charge on any atom is -0.504 e. The predicted octanol–water partition coefficient (Wildman–Crippen LogP) is 2.64. The molecule has 5 heteroatoms. The van der Waals surface area contributed by atoms with Crippen molar-refractivity contribution in [2.45, 2.75) is 88.6 Å². The number of benzene rings is 1. The molecular weight excluding hydrogens is 366 g/mol. The molecule has 4 aliphatic carbocycles. The first kappa shape index (κ1) is 18.5. The van der Waals surface area contributed by atoms with Crippen molar-refractivity contribution in [1.82, 2.24) is 5.32 Å². The number of ether oxygens (including phenoxy) is 1. The third-order valence-corrected chi connectivity index (χ3v) is 10.0. The van der Waals surface area contributed by atoms with Gasteiger partial charge >= 0.3 is 0 Å². The molecule has 7 atom stereocenters. The molecule has 4 bridgehead atoms. The maximum Gasteiger partial charge on any atom is 0.165 e. The zero-order chi connectivity index (χ0) is 20.6. The first-order chi connectivity index (χ1) is 13.5. The smallest absolute Gasteiger partial charge is 0.165 e. The van der Waals surface area contributed by atoms with Crippen LogP contribution in [-0.2, 0) is 11.8 Å². The van der Waals surface area contributed by atoms with E-state index in [2.05, 4.69) is 26.1 Å². The Morgan fingerprint density at radius 3 is 2.62 bits per heavy atom. The SMILES string of the molecule is CC(C)(C)[C@@](C)(O)[C@H]1C[C@@]23CC[C@@]1(O)[C@@H]1Oc4c(O)ccc5c4[C@@]12CCN[C@@H]3C5. The fourth-order valence-electron chi connectivity index (χ4n) is 8.21. The van der Waals surface area contributed by atoms with Crippen molar-refractivity contribution < 1.29 is 20.1 Å². The lowest BCUT2D eigenvalue weighted by Gasteiger charge is -2.73. The van der Waals surface area contributed by atoms with Crippen LogP contribution >= 0.6 is 0 Å². The van der Waals surface area contributed by atoms with E-state index in [0.29, 0.717) is 18.2 Å². The summed E-state index contributed by atoms with van der Waals surface area (Å²) in [5.74, 6) is 0.498. The average molecular weight is 400 g/mol. The first-order valence-corrected chi connectivity index (χ1v) is 11.2. The van der Waals surface area contributed by atoms with Crippen molar-refractivity contribution in [2.24, 2.45) is 16.7 Å². The number of hydrogen-bond donors (Lipinski definition) is 4. The summed E-state index contributed by atoms with van der Waals surface area (Å²) < 4.78 is 6.54. The topological polar surface area (TPSA) is 82.0 Å². The van der Waals surface area contributed by atoms with Gasteiger partial charge in [0.15, 0.2) is 11.5 Å². The van der Waals surface area contributed by atoms with Gasteiger partial charge < -0.3 is 25.4 Å². The van der Waals surface area contributed by atoms with Gasteiger partial charge in [0.05, 0.1) is 5.60 Å². The van der Waals surface area contributed by atoms with E-state index in [1.807, 2.05) is 13.0 Å². The molecule has 0 unspecified atom stereocenters. The van der Waals surface area contributed by atoms with Crippen molar-refractivity contribution in [3.63, 3.8) is 0 Å². The number of phenolic OH excluding ortho intramolecular Hbond substituents is 1. The van der Waals surface area contributed by atoms with E-state index in [1.165, 1.54) is 5.56 Å². The lowest BCUT2D eigenvalue weighted by molar-refractivity contribution is -0.295. The highest BCUT2D eigenvalue weighted by Crippen LogP contribution is 2.76. The van der Waals surface area contributed by atoms with Crippen LogP contribution in [0.3, 0.4) is 0 Å². The largest absolute Gasteiger partial charge is 0.504 e. The number of aliphatic hydroxyl groups is 2. The summed E-state index contributed by atoms with van der Waals surface area (Å²) in [5.41, 5.74) is -0.448. The highest BCUT2D eigenvalue weighted by atomic mass is 16.5. The summed E-state index contributed by atoms with van der Waals surface area (Å²) >= 11 is 0. The molecule has 1 aromatic rings. The van der Waals surface area contributed by atoms with Crippen molar-refractivity contribution >= 4 is 0 Å². The molecule has 0 amide bonds. The van der Waals surface area contributed by atoms with E-state index in [0.717, 1.165) is 37.8 Å². The average Bonchev–Trinajstić information content (AvgIpc) is 2.99. The van der Waals surface area contributed by atoms with Crippen LogP contribution in [0.5, 0.6) is 11.5 Å². The monoisotopic (exact) mass is 399 g/mol. The quantitative estimate of drug-likeness (QED) is 0.584. The second-order valence-corrected chi connectivity index (χ2v) is 11.7. The predicted molar refractivity (Wildman–Crippen MR) is 109 cm³/mol. The highest BCUT2D eigenvalue weighted by molar-refractivity contribution is 5.63. The standard InChI is InChI=1S/C24H33NO4/c1-20(2,3)21(4,27)15-12-22-7-8-24(15,28)19-23(22)9-10-25-16(22)11-13-5-6-14(26)18(29-19)17(13)23/h5-6,15-16,19,25-28H,7-12H2,1-4H3/t15-,16-,19-,21+,22-,23+,24+/m1/s1. The van der Waals surface area contributed by atoms with Crippen LogP contribution in [0.15, 0.2) is 12.1 Å². The lowest BCUT2D eigenvalue weighted by Crippen LogP contribution is -2.82. The van der Waals surface area contributed by atoms with Crippen LogP contribution in [0.4, 0.5) is 0 Å². The van der Waals surface area contributed by atoms with Gasteiger partial charge in [0, 0.05) is 28.4 Å². The Kier molecular flexibility index (Phi) is 3.15. The Balaban J connectivity index is 1.63. The maximum absolute atomic E-state index is 12.3. The Morgan fingerprint density at radius 2 is 1.90 bits per heavy atom. The van der Waals surface area contributed by atoms with E-state index in [-0.39, 0.29) is 27.9 Å². The first-order valence-electron chi connectivity index (χ1n) is 11.2. The lowest BCUT2D eigenvalue weighted by atomic mass is 9.33. The Morgan fingerprint density at radius 1 is 1.14 bits per heavy atom. The summed E-state index contributed by atoms with van der Waals surface area (Å²) in [6, 6.07) is 4.10. The van der Waals surface area contributed by atoms with Gasteiger partial charge in [0.2, 0.25) is 0 Å². The molecule has 2 heterocycles. The number of piperidine rings is 1. The van der Waals surface area contributed by atoms with Gasteiger partial charge in [-0.25, -0.2) is 0 Å². The van der Waals surface area contributed by atoms with Crippen molar-refractivity contribution in [3.8, 4) is 11.5 Å². The van der Waals surface area contributed by atoms with E-state index in [9.17, 15) is 15.3 Å². The van der Waals surface area contributed by atoms with E-state index < -0.39 is 17.3 Å². The van der Waals surface area contributed by atoms with Gasteiger partial charge in [0.1, 0.15) is 11.7 Å². The minimum absolute atomic E-state index is 0.0631. The van der Waals surface area contributed by atoms with Gasteiger partial charge in [-0.15, -0.1) is 0 Å². The van der Waals surface area contributed by atoms with Gasteiger partial charge in [-0.3, -0.25) is 0 Å². The van der Waals surface area contributed by atoms with Crippen molar-refractivity contribution in [1.29, 1.82) is 0 Å². The van der Waals surface area contributed by atoms with Crippen LogP contribution in [0, 0.1) is 16.7 Å². The summed E-state index contributed by atoms with van der Waals surface area (Å²) in [6.45, 7) is 8.97. The molecule has 1 aromatic carbocycles. The van der Waals surface area contributed by atoms with Crippen molar-refractivity contribution in [2.75, 3.05) is 6.54 Å². The van der Waals surface area contributed by atoms with Gasteiger partial charge in [-0.05, 0) is 62.6 Å². The minimum atomic E-state index is -1.11. The van der Waals surface area contributed by atoms with E-state index in [1.54, 1.807) is 6.07 Å². The van der Waals surface area contributed by atoms with Crippen LogP contribution < -0.4 is 10.1 Å². The van der Waals surface area contributed by atoms with E-state index in [4.69, 9.17) is 4.74 Å². The molecule has 0 radical (unpaired) electrons. The normalized spacial score (nSPS) is 46.1. The van der Waals surface area contributed by atoms with Crippen LogP contribution in [-0.4, -0.2) is 45.2 Å². The summed E-state index contributed by atoms with van der Waals surface area (Å²) in [7, 11) is 0. The van der Waals surface area contributed by atoms with E-state index >= 15 is 0 Å². The molecule has 2 aliphatic heterocycles. The zero-order valence-corrected chi connectivity index (χ0v) is 17.9. The van der Waals surface area contributed by atoms with Crippen LogP contribution in [0.25, 0.3) is 0 Å². The second kappa shape index (κ2) is 4.95. The molecule has 1 saturated heterocycles. The molecule has 29 heavy (non-hydrogen) atoms. The van der Waals surface area contributed by atoms with Gasteiger partial charge in [-0.1, -0.05) is 26.8 Å². The Labute approximate surface area is 172 Å². The number of rotatable bonds is 1. The van der Waals surface area contributed by atoms with Crippen LogP contribution in [0.1, 0.15) is 64.5 Å². The molecule has 2 spiro atoms. The Bertz CT molecular complexity index is 920. The molecule has 7 rings (SSSR count). The summed E-state index contributed by atoms with van der Waals surface area (Å²) in [6.07, 6.45) is 3.78. The molecule has 6 aliphatic rings. The summed E-state index contributed by atoms with van der Waals surface area (Å²) in [5, 5.41) is 38.5. The maximum atomic E-state index is 12.3. The van der Waals surface area contributed by atoms with Crippen LogP contribution in [0.2, 0.25) is 0 Å². The number of nitrogens with one attached hydrogen (secondary N) is 1. The molecule has 0 aromatic heterocycles. The molecule has 5 nitrogen and oxygen atoms in total. The van der Waals surface area contributed by atoms with Crippen molar-refractivity contribution in [3.05, 3.63) is 23.3 Å². The number of hydrogen-bond acceptors (Lipinski definition) is 5. The molecule has 4 fully saturated rings. The molecule has 4 N–H and O–H groups in total. The molecule has 3 saturated carbocycles. The fraction of sp³-hybridized carbons (Fsp3) is 0.750. The number of aromatic hydroxyl groups is 1. The van der Waals surface area contributed by atoms with Gasteiger partial charge in [-0.2, -0.15) is 0 Å². The number of phenols is 1. The molecule has 158 valence electrons. The molecular formula is C24H33NO4. The highest BCUT2D eigenvalue weighted by Gasteiger charge is 2.81. The Hall–Kier alpha value is -1.30. The second-order valence-electron chi connectivity index (χ2n) is 11.7. The third-order valence-electron chi connectivity index (χ3n) is 10.0. The fourth-order valence-corrected chi connectivity index (χ4v) is 8.21. The zero-order valence-electron chi connectivity index (χ0n) is 17.9. The number of fused-ring (bicyclic) bond motifs is 2.